The summed E-state index contributed by atoms with van der Waals surface area (Å²) in [6.45, 7) is 0. The molecule has 0 bridgehead atoms. The van der Waals surface area contributed by atoms with Crippen LogP contribution in [0.3, 0.4) is 0 Å². The summed E-state index contributed by atoms with van der Waals surface area (Å²) in [5.74, 6) is 0. The van der Waals surface area contributed by atoms with Crippen LogP contribution in [-0.2, 0) is 32.7 Å². The standard InChI is InChI=1S/C12H7N2.Y/c1-3-9-5-6-11-10(4-2-7-13-11)12(9)14-8-1;/h1-7H;/q-1;. The van der Waals surface area contributed by atoms with Gasteiger partial charge in [0.1, 0.15) is 0 Å². The molecule has 1 radical (unpaired) electrons. The molecule has 15 heavy (non-hydrogen) atoms. The third-order valence-electron chi connectivity index (χ3n) is 2.30. The van der Waals surface area contributed by atoms with Gasteiger partial charge in [-0.25, -0.2) is 0 Å². The van der Waals surface area contributed by atoms with E-state index in [0.717, 1.165) is 21.8 Å². The van der Waals surface area contributed by atoms with Gasteiger partial charge in [-0.05, 0) is 23.0 Å². The number of benzene rings is 1. The first kappa shape index (κ1) is 10.7. The van der Waals surface area contributed by atoms with Crippen LogP contribution in [0.5, 0.6) is 0 Å². The van der Waals surface area contributed by atoms with Gasteiger partial charge in [0, 0.05) is 38.9 Å². The third kappa shape index (κ3) is 1.80. The minimum atomic E-state index is 0. The molecule has 0 saturated carbocycles. The average Bonchev–Trinajstić information content (AvgIpc) is 2.29. The van der Waals surface area contributed by atoms with Crippen molar-refractivity contribution in [2.75, 3.05) is 0 Å². The zero-order valence-electron chi connectivity index (χ0n) is 8.01. The van der Waals surface area contributed by atoms with Crippen LogP contribution >= 0.6 is 0 Å². The number of hydrogen-bond donors (Lipinski definition) is 0. The molecule has 0 atom stereocenters. The molecule has 0 aliphatic heterocycles. The van der Waals surface area contributed by atoms with Crippen molar-refractivity contribution in [3.8, 4) is 0 Å². The Morgan fingerprint density at radius 2 is 2.00 bits per heavy atom. The van der Waals surface area contributed by atoms with Gasteiger partial charge in [0.2, 0.25) is 0 Å². The van der Waals surface area contributed by atoms with E-state index in [9.17, 15) is 0 Å². The monoisotopic (exact) mass is 268 g/mol. The van der Waals surface area contributed by atoms with Gasteiger partial charge in [-0.2, -0.15) is 12.1 Å². The molecule has 1 aromatic carbocycles. The van der Waals surface area contributed by atoms with Crippen molar-refractivity contribution >= 4 is 21.8 Å². The van der Waals surface area contributed by atoms with Gasteiger partial charge in [0.25, 0.3) is 0 Å². The summed E-state index contributed by atoms with van der Waals surface area (Å²) in [5, 5.41) is 2.21. The van der Waals surface area contributed by atoms with Crippen LogP contribution in [0, 0.1) is 6.20 Å². The van der Waals surface area contributed by atoms with E-state index in [1.165, 1.54) is 0 Å². The molecule has 0 N–H and O–H groups in total. The Morgan fingerprint density at radius 1 is 1.07 bits per heavy atom. The molecule has 3 heteroatoms. The van der Waals surface area contributed by atoms with Gasteiger partial charge in [0.15, 0.2) is 0 Å². The first-order chi connectivity index (χ1) is 6.95. The minimum Gasteiger partial charge on any atom is -0.385 e. The van der Waals surface area contributed by atoms with E-state index in [1.807, 2.05) is 36.4 Å². The van der Waals surface area contributed by atoms with Crippen LogP contribution < -0.4 is 0 Å². The van der Waals surface area contributed by atoms with Crippen LogP contribution in [-0.4, -0.2) is 9.97 Å². The van der Waals surface area contributed by atoms with Gasteiger partial charge in [-0.3, -0.25) is 4.98 Å². The number of pyridine rings is 2. The van der Waals surface area contributed by atoms with Crippen LogP contribution in [0.4, 0.5) is 0 Å². The maximum absolute atomic E-state index is 4.28. The van der Waals surface area contributed by atoms with Crippen molar-refractivity contribution in [3.63, 3.8) is 0 Å². The summed E-state index contributed by atoms with van der Waals surface area (Å²) >= 11 is 0. The molecular formula is C12H7N2Y-. The smallest absolute Gasteiger partial charge is 0.0600 e. The third-order valence-corrected chi connectivity index (χ3v) is 2.30. The van der Waals surface area contributed by atoms with E-state index >= 15 is 0 Å². The summed E-state index contributed by atoms with van der Waals surface area (Å²) in [6.07, 6.45) is 4.64. The Labute approximate surface area is 113 Å². The molecule has 69 valence electrons. The topological polar surface area (TPSA) is 25.8 Å². The van der Waals surface area contributed by atoms with Crippen LogP contribution in [0.2, 0.25) is 0 Å². The number of rotatable bonds is 0. The van der Waals surface area contributed by atoms with Gasteiger partial charge < -0.3 is 4.98 Å². The maximum atomic E-state index is 4.28. The molecule has 0 saturated heterocycles. The predicted molar refractivity (Wildman–Crippen MR) is 55.9 cm³/mol. The summed E-state index contributed by atoms with van der Waals surface area (Å²) in [7, 11) is 0. The van der Waals surface area contributed by atoms with E-state index in [0.29, 0.717) is 0 Å². The first-order valence-corrected chi connectivity index (χ1v) is 4.46. The van der Waals surface area contributed by atoms with E-state index in [2.05, 4.69) is 16.2 Å². The Balaban J connectivity index is 0.000000853. The van der Waals surface area contributed by atoms with Crippen molar-refractivity contribution in [3.05, 3.63) is 48.8 Å². The zero-order valence-corrected chi connectivity index (χ0v) is 10.9. The van der Waals surface area contributed by atoms with E-state index in [1.54, 1.807) is 6.20 Å². The molecule has 2 nitrogen and oxygen atoms in total. The molecule has 0 spiro atoms. The SMILES string of the molecule is [Y].[c-]1ccc2ccc3ncccc3c2n1. The molecule has 2 heterocycles. The number of aromatic nitrogens is 2. The molecule has 3 aromatic rings. The molecule has 0 fully saturated rings. The fraction of sp³-hybridized carbons (Fsp3) is 0. The second-order valence-electron chi connectivity index (χ2n) is 3.15. The van der Waals surface area contributed by atoms with Crippen molar-refractivity contribution in [2.24, 2.45) is 0 Å². The van der Waals surface area contributed by atoms with Crippen molar-refractivity contribution < 1.29 is 32.7 Å². The average molecular weight is 268 g/mol. The quantitative estimate of drug-likeness (QED) is 0.462. The van der Waals surface area contributed by atoms with Gasteiger partial charge in [-0.1, -0.05) is 18.3 Å². The van der Waals surface area contributed by atoms with Gasteiger partial charge in [-0.15, -0.1) is 5.39 Å². The summed E-state index contributed by atoms with van der Waals surface area (Å²) < 4.78 is 0. The van der Waals surface area contributed by atoms with Gasteiger partial charge in [0.05, 0.1) is 5.52 Å². The minimum absolute atomic E-state index is 0. The fourth-order valence-corrected chi connectivity index (χ4v) is 1.64. The number of fused-ring (bicyclic) bond motifs is 3. The summed E-state index contributed by atoms with van der Waals surface area (Å²) in [6, 6.07) is 11.8. The first-order valence-electron chi connectivity index (χ1n) is 4.46. The maximum Gasteiger partial charge on any atom is 0.0600 e. The Morgan fingerprint density at radius 3 is 2.93 bits per heavy atom. The predicted octanol–water partition coefficient (Wildman–Crippen LogP) is 2.58. The normalized spacial score (nSPS) is 10.1. The Hall–Kier alpha value is -0.856. The molecule has 0 amide bonds. The molecular weight excluding hydrogens is 261 g/mol. The molecule has 0 aliphatic rings. The Bertz CT molecular complexity index is 553. The zero-order chi connectivity index (χ0) is 9.38. The van der Waals surface area contributed by atoms with Crippen molar-refractivity contribution in [1.29, 1.82) is 0 Å². The molecule has 3 rings (SSSR count). The van der Waals surface area contributed by atoms with Crippen molar-refractivity contribution in [1.82, 2.24) is 9.97 Å². The summed E-state index contributed by atoms with van der Waals surface area (Å²) in [5.41, 5.74) is 1.95. The second-order valence-corrected chi connectivity index (χ2v) is 3.15. The van der Waals surface area contributed by atoms with Crippen LogP contribution in [0.15, 0.2) is 42.6 Å². The van der Waals surface area contributed by atoms with Crippen LogP contribution in [0.25, 0.3) is 21.8 Å². The fourth-order valence-electron chi connectivity index (χ4n) is 1.64. The number of hydrogen-bond acceptors (Lipinski definition) is 2. The van der Waals surface area contributed by atoms with E-state index in [4.69, 9.17) is 0 Å². The van der Waals surface area contributed by atoms with Gasteiger partial charge >= 0.3 is 0 Å². The second kappa shape index (κ2) is 4.34. The molecule has 0 aliphatic carbocycles. The Kier molecular flexibility index (Phi) is 3.08. The molecule has 0 unspecified atom stereocenters. The number of nitrogens with zero attached hydrogens (tertiary/aromatic N) is 2. The largest absolute Gasteiger partial charge is 0.385 e. The summed E-state index contributed by atoms with van der Waals surface area (Å²) in [4.78, 5) is 8.52. The van der Waals surface area contributed by atoms with E-state index in [-0.39, 0.29) is 32.7 Å². The van der Waals surface area contributed by atoms with E-state index < -0.39 is 0 Å². The van der Waals surface area contributed by atoms with Crippen molar-refractivity contribution in [2.45, 2.75) is 0 Å². The van der Waals surface area contributed by atoms with Crippen LogP contribution in [0.1, 0.15) is 0 Å². The molecule has 2 aromatic heterocycles.